The molecule has 1 atom stereocenters. The quantitative estimate of drug-likeness (QED) is 0.840. The van der Waals surface area contributed by atoms with Crippen molar-refractivity contribution in [3.8, 4) is 0 Å². The molecular weight excluding hydrogens is 341 g/mol. The van der Waals surface area contributed by atoms with Crippen molar-refractivity contribution in [3.63, 3.8) is 0 Å². The summed E-state index contributed by atoms with van der Waals surface area (Å²) in [5, 5.41) is 3.80. The average Bonchev–Trinajstić information content (AvgIpc) is 2.49. The zero-order valence-electron chi connectivity index (χ0n) is 11.7. The highest BCUT2D eigenvalue weighted by molar-refractivity contribution is 7.84. The molecule has 1 unspecified atom stereocenters. The third-order valence-electron chi connectivity index (χ3n) is 2.95. The molecule has 0 radical (unpaired) electrons. The maximum absolute atomic E-state index is 12.0. The van der Waals surface area contributed by atoms with Crippen LogP contribution in [0.3, 0.4) is 0 Å². The van der Waals surface area contributed by atoms with Gasteiger partial charge in [-0.05, 0) is 29.8 Å². The Morgan fingerprint density at radius 3 is 2.50 bits per heavy atom. The number of halogens is 2. The van der Waals surface area contributed by atoms with Gasteiger partial charge in [0.05, 0.1) is 5.75 Å². The monoisotopic (exact) mass is 355 g/mol. The number of hydrogen-bond donors (Lipinski definition) is 1. The Morgan fingerprint density at radius 1 is 1.09 bits per heavy atom. The molecule has 116 valence electrons. The number of carbonyl (C=O) groups excluding carboxylic acids is 1. The summed E-state index contributed by atoms with van der Waals surface area (Å²) >= 11 is 11.9. The fraction of sp³-hybridized carbons (Fsp3) is 0.188. The molecular formula is C16H15Cl2NO2S. The van der Waals surface area contributed by atoms with Gasteiger partial charge in [0.15, 0.2) is 0 Å². The number of rotatable bonds is 6. The molecule has 0 bridgehead atoms. The van der Waals surface area contributed by atoms with Crippen LogP contribution in [0.15, 0.2) is 48.5 Å². The van der Waals surface area contributed by atoms with Crippen LogP contribution in [0.5, 0.6) is 0 Å². The van der Waals surface area contributed by atoms with Gasteiger partial charge in [0.2, 0.25) is 5.91 Å². The number of benzene rings is 2. The Balaban J connectivity index is 1.81. The van der Waals surface area contributed by atoms with Gasteiger partial charge in [-0.15, -0.1) is 0 Å². The van der Waals surface area contributed by atoms with Gasteiger partial charge >= 0.3 is 0 Å². The second-order valence-corrected chi connectivity index (χ2v) is 7.11. The number of carbonyl (C=O) groups is 1. The van der Waals surface area contributed by atoms with E-state index in [1.54, 1.807) is 18.2 Å². The SMILES string of the molecule is O=C(CCS(=O)Cc1ccc(Cl)cc1Cl)Nc1ccccc1. The molecule has 6 heteroatoms. The van der Waals surface area contributed by atoms with Crippen molar-refractivity contribution in [3.05, 3.63) is 64.1 Å². The van der Waals surface area contributed by atoms with Crippen LogP contribution >= 0.6 is 23.2 Å². The molecule has 0 saturated carbocycles. The van der Waals surface area contributed by atoms with Crippen LogP contribution in [0, 0.1) is 0 Å². The van der Waals surface area contributed by atoms with Crippen LogP contribution in [-0.2, 0) is 21.3 Å². The number of para-hydroxylation sites is 1. The fourth-order valence-electron chi connectivity index (χ4n) is 1.84. The first-order chi connectivity index (χ1) is 10.5. The van der Waals surface area contributed by atoms with E-state index in [-0.39, 0.29) is 18.1 Å². The minimum absolute atomic E-state index is 0.151. The summed E-state index contributed by atoms with van der Waals surface area (Å²) in [6.45, 7) is 0. The highest BCUT2D eigenvalue weighted by Crippen LogP contribution is 2.22. The molecule has 1 amide bonds. The largest absolute Gasteiger partial charge is 0.326 e. The Hall–Kier alpha value is -1.36. The van der Waals surface area contributed by atoms with Crippen molar-refractivity contribution in [2.75, 3.05) is 11.1 Å². The molecule has 2 aromatic carbocycles. The van der Waals surface area contributed by atoms with Gasteiger partial charge in [-0.2, -0.15) is 0 Å². The lowest BCUT2D eigenvalue weighted by Crippen LogP contribution is -2.15. The maximum atomic E-state index is 12.0. The number of amides is 1. The predicted molar refractivity (Wildman–Crippen MR) is 92.9 cm³/mol. The van der Waals surface area contributed by atoms with Crippen LogP contribution in [0.4, 0.5) is 5.69 Å². The molecule has 0 fully saturated rings. The van der Waals surface area contributed by atoms with E-state index in [2.05, 4.69) is 5.32 Å². The zero-order chi connectivity index (χ0) is 15.9. The molecule has 0 saturated heterocycles. The lowest BCUT2D eigenvalue weighted by Gasteiger charge is -2.06. The molecule has 0 aliphatic heterocycles. The molecule has 0 aromatic heterocycles. The minimum atomic E-state index is -1.15. The Morgan fingerprint density at radius 2 is 1.82 bits per heavy atom. The van der Waals surface area contributed by atoms with Crippen LogP contribution in [-0.4, -0.2) is 15.9 Å². The van der Waals surface area contributed by atoms with Crippen LogP contribution in [0.25, 0.3) is 0 Å². The lowest BCUT2D eigenvalue weighted by molar-refractivity contribution is -0.115. The topological polar surface area (TPSA) is 46.2 Å². The fourth-order valence-corrected chi connectivity index (χ4v) is 3.55. The average molecular weight is 356 g/mol. The van der Waals surface area contributed by atoms with Gasteiger partial charge < -0.3 is 5.32 Å². The molecule has 2 aromatic rings. The summed E-state index contributed by atoms with van der Waals surface area (Å²) in [4.78, 5) is 11.8. The summed E-state index contributed by atoms with van der Waals surface area (Å²) in [6.07, 6.45) is 0.201. The molecule has 0 aliphatic carbocycles. The summed E-state index contributed by atoms with van der Waals surface area (Å²) in [5.41, 5.74) is 1.51. The van der Waals surface area contributed by atoms with Crippen molar-refractivity contribution in [1.29, 1.82) is 0 Å². The van der Waals surface area contributed by atoms with Gasteiger partial charge in [-0.3, -0.25) is 9.00 Å². The Labute approximate surface area is 142 Å². The third-order valence-corrected chi connectivity index (χ3v) is 4.83. The van der Waals surface area contributed by atoms with Crippen molar-refractivity contribution < 1.29 is 9.00 Å². The molecule has 3 nitrogen and oxygen atoms in total. The van der Waals surface area contributed by atoms with Gasteiger partial charge in [-0.25, -0.2) is 0 Å². The second-order valence-electron chi connectivity index (χ2n) is 4.69. The van der Waals surface area contributed by atoms with Gasteiger partial charge in [0.25, 0.3) is 0 Å². The van der Waals surface area contributed by atoms with Crippen molar-refractivity contribution in [1.82, 2.24) is 0 Å². The predicted octanol–water partition coefficient (Wildman–Crippen LogP) is 4.27. The molecule has 0 spiro atoms. The summed E-state index contributed by atoms with van der Waals surface area (Å²) in [6, 6.07) is 14.3. The molecule has 0 aliphatic rings. The first-order valence-corrected chi connectivity index (χ1v) is 8.93. The summed E-state index contributed by atoms with van der Waals surface area (Å²) in [5.74, 6) is 0.452. The van der Waals surface area contributed by atoms with Gasteiger partial charge in [-0.1, -0.05) is 47.5 Å². The molecule has 0 heterocycles. The van der Waals surface area contributed by atoms with Crippen LogP contribution < -0.4 is 5.32 Å². The molecule has 1 N–H and O–H groups in total. The normalized spacial score (nSPS) is 11.9. The number of hydrogen-bond acceptors (Lipinski definition) is 2. The molecule has 2 rings (SSSR count). The van der Waals surface area contributed by atoms with E-state index in [9.17, 15) is 9.00 Å². The van der Waals surface area contributed by atoms with Crippen molar-refractivity contribution >= 4 is 45.6 Å². The first kappa shape index (κ1) is 17.0. The van der Waals surface area contributed by atoms with Crippen molar-refractivity contribution in [2.45, 2.75) is 12.2 Å². The smallest absolute Gasteiger partial charge is 0.225 e. The Kier molecular flexibility index (Phi) is 6.43. The van der Waals surface area contributed by atoms with E-state index in [1.165, 1.54) is 0 Å². The minimum Gasteiger partial charge on any atom is -0.326 e. The maximum Gasteiger partial charge on any atom is 0.225 e. The van der Waals surface area contributed by atoms with Crippen molar-refractivity contribution in [2.24, 2.45) is 0 Å². The van der Waals surface area contributed by atoms with Gasteiger partial charge in [0.1, 0.15) is 0 Å². The summed E-state index contributed by atoms with van der Waals surface area (Å²) < 4.78 is 12.0. The molecule has 22 heavy (non-hydrogen) atoms. The number of nitrogens with one attached hydrogen (secondary N) is 1. The standard InChI is InChI=1S/C16H15Cl2NO2S/c17-13-7-6-12(15(18)10-13)11-22(21)9-8-16(20)19-14-4-2-1-3-5-14/h1-7,10H,8-9,11H2,(H,19,20). The van der Waals surface area contributed by atoms with E-state index in [0.717, 1.165) is 11.3 Å². The van der Waals surface area contributed by atoms with Gasteiger partial charge in [0, 0.05) is 38.7 Å². The van der Waals surface area contributed by atoms with E-state index < -0.39 is 10.8 Å². The van der Waals surface area contributed by atoms with E-state index in [4.69, 9.17) is 23.2 Å². The first-order valence-electron chi connectivity index (χ1n) is 6.68. The zero-order valence-corrected chi connectivity index (χ0v) is 14.0. The number of anilines is 1. The van der Waals surface area contributed by atoms with Crippen LogP contribution in [0.2, 0.25) is 10.0 Å². The lowest BCUT2D eigenvalue weighted by atomic mass is 10.2. The summed E-state index contributed by atoms with van der Waals surface area (Å²) in [7, 11) is -1.15. The van der Waals surface area contributed by atoms with E-state index >= 15 is 0 Å². The van der Waals surface area contributed by atoms with E-state index in [0.29, 0.717) is 15.8 Å². The highest BCUT2D eigenvalue weighted by atomic mass is 35.5. The highest BCUT2D eigenvalue weighted by Gasteiger charge is 2.09. The third kappa shape index (κ3) is 5.44. The second kappa shape index (κ2) is 8.32. The van der Waals surface area contributed by atoms with E-state index in [1.807, 2.05) is 30.3 Å². The Bertz CT molecular complexity index is 677. The van der Waals surface area contributed by atoms with Crippen LogP contribution in [0.1, 0.15) is 12.0 Å².